The molecule has 0 aromatic heterocycles. The predicted octanol–water partition coefficient (Wildman–Crippen LogP) is 4.62. The molecule has 0 fully saturated rings. The van der Waals surface area contributed by atoms with Crippen LogP contribution in [0.1, 0.15) is 5.56 Å². The molecule has 4 nitrogen and oxygen atoms in total. The van der Waals surface area contributed by atoms with E-state index in [0.29, 0.717) is 16.7 Å². The van der Waals surface area contributed by atoms with Crippen LogP contribution in [-0.2, 0) is 15.6 Å². The van der Waals surface area contributed by atoms with Crippen LogP contribution in [0.2, 0.25) is 0 Å². The molecule has 0 amide bonds. The molecule has 0 aliphatic carbocycles. The number of anilines is 1. The summed E-state index contributed by atoms with van der Waals surface area (Å²) in [4.78, 5) is 0.283. The zero-order valence-corrected chi connectivity index (χ0v) is 16.8. The summed E-state index contributed by atoms with van der Waals surface area (Å²) in [6.07, 6.45) is -0.402. The first-order valence-corrected chi connectivity index (χ1v) is 11.0. The van der Waals surface area contributed by atoms with Crippen molar-refractivity contribution in [1.82, 2.24) is 0 Å². The van der Waals surface area contributed by atoms with Crippen LogP contribution in [0.4, 0.5) is 5.69 Å². The monoisotopic (exact) mass is 423 g/mol. The van der Waals surface area contributed by atoms with E-state index in [0.717, 1.165) is 5.39 Å². The van der Waals surface area contributed by atoms with Crippen LogP contribution in [0.15, 0.2) is 65.6 Å². The molecule has 3 aromatic rings. The third-order valence-electron chi connectivity index (χ3n) is 4.22. The molecule has 0 aliphatic rings. The third-order valence-corrected chi connectivity index (χ3v) is 6.63. The molecule has 0 radical (unpaired) electrons. The maximum Gasteiger partial charge on any atom is 0.183 e. The molecule has 7 heteroatoms. The number of alkyl halides is 2. The minimum atomic E-state index is -3.61. The van der Waals surface area contributed by atoms with Gasteiger partial charge in [-0.3, -0.25) is 0 Å². The summed E-state index contributed by atoms with van der Waals surface area (Å²) in [5.41, 5.74) is 6.92. The van der Waals surface area contributed by atoms with E-state index < -0.39 is 15.9 Å². The maximum absolute atomic E-state index is 13.1. The number of rotatable bonds is 7. The zero-order valence-electron chi connectivity index (χ0n) is 14.4. The first-order valence-electron chi connectivity index (χ1n) is 8.32. The Balaban J connectivity index is 1.97. The fourth-order valence-electron chi connectivity index (χ4n) is 2.85. The van der Waals surface area contributed by atoms with Crippen molar-refractivity contribution in [3.05, 3.63) is 66.2 Å². The van der Waals surface area contributed by atoms with Gasteiger partial charge in [0, 0.05) is 5.39 Å². The SMILES string of the molecule is Nc1c(CS(=O)(=O)c2cccc3ccccc23)cccc1OC(CCl)CCl. The molecule has 0 saturated heterocycles. The Labute approximate surface area is 168 Å². The number of nitrogens with two attached hydrogens (primary N) is 1. The average molecular weight is 424 g/mol. The van der Waals surface area contributed by atoms with Gasteiger partial charge in [-0.05, 0) is 23.1 Å². The number of nitrogen functional groups attached to an aromatic ring is 1. The Morgan fingerprint density at radius 1 is 0.926 bits per heavy atom. The largest absolute Gasteiger partial charge is 0.486 e. The molecule has 0 unspecified atom stereocenters. The molecule has 0 aliphatic heterocycles. The Hall–Kier alpha value is -1.95. The molecule has 0 saturated carbocycles. The molecular formula is C20H19Cl2NO3S. The molecule has 2 N–H and O–H groups in total. The van der Waals surface area contributed by atoms with Crippen molar-refractivity contribution in [2.24, 2.45) is 0 Å². The van der Waals surface area contributed by atoms with Gasteiger partial charge in [0.15, 0.2) is 9.84 Å². The smallest absolute Gasteiger partial charge is 0.183 e. The first-order chi connectivity index (χ1) is 13.0. The Bertz CT molecular complexity index is 1040. The number of ether oxygens (including phenoxy) is 1. The molecule has 27 heavy (non-hydrogen) atoms. The average Bonchev–Trinajstić information content (AvgIpc) is 2.68. The lowest BCUT2D eigenvalue weighted by atomic mass is 10.1. The van der Waals surface area contributed by atoms with Crippen LogP contribution in [0.5, 0.6) is 5.75 Å². The fraction of sp³-hybridized carbons (Fsp3) is 0.200. The first kappa shape index (κ1) is 19.8. The number of halogens is 2. The lowest BCUT2D eigenvalue weighted by Crippen LogP contribution is -2.21. The third kappa shape index (κ3) is 4.32. The highest BCUT2D eigenvalue weighted by molar-refractivity contribution is 7.90. The van der Waals surface area contributed by atoms with E-state index in [4.69, 9.17) is 33.7 Å². The molecule has 3 rings (SSSR count). The van der Waals surface area contributed by atoms with Crippen LogP contribution in [0.3, 0.4) is 0 Å². The topological polar surface area (TPSA) is 69.4 Å². The van der Waals surface area contributed by atoms with E-state index in [9.17, 15) is 8.42 Å². The second-order valence-electron chi connectivity index (χ2n) is 6.11. The molecule has 0 heterocycles. The number of para-hydroxylation sites is 1. The number of benzene rings is 3. The van der Waals surface area contributed by atoms with Gasteiger partial charge in [-0.1, -0.05) is 48.5 Å². The van der Waals surface area contributed by atoms with Gasteiger partial charge in [-0.15, -0.1) is 23.2 Å². The van der Waals surface area contributed by atoms with Crippen molar-refractivity contribution in [1.29, 1.82) is 0 Å². The van der Waals surface area contributed by atoms with E-state index in [1.165, 1.54) is 0 Å². The number of fused-ring (bicyclic) bond motifs is 1. The van der Waals surface area contributed by atoms with Crippen LogP contribution in [-0.4, -0.2) is 26.3 Å². The van der Waals surface area contributed by atoms with Gasteiger partial charge in [-0.25, -0.2) is 8.42 Å². The number of hydrogen-bond donors (Lipinski definition) is 1. The predicted molar refractivity (Wildman–Crippen MR) is 112 cm³/mol. The molecule has 0 spiro atoms. The van der Waals surface area contributed by atoms with E-state index in [2.05, 4.69) is 0 Å². The summed E-state index contributed by atoms with van der Waals surface area (Å²) in [7, 11) is -3.61. The van der Waals surface area contributed by atoms with Crippen molar-refractivity contribution in [3.8, 4) is 5.75 Å². The summed E-state index contributed by atoms with van der Waals surface area (Å²) in [6, 6.07) is 17.7. The van der Waals surface area contributed by atoms with Gasteiger partial charge in [-0.2, -0.15) is 0 Å². The van der Waals surface area contributed by atoms with E-state index >= 15 is 0 Å². The second-order valence-corrected chi connectivity index (χ2v) is 8.69. The molecule has 142 valence electrons. The summed E-state index contributed by atoms with van der Waals surface area (Å²) < 4.78 is 31.8. The molecule has 0 atom stereocenters. The number of hydrogen-bond acceptors (Lipinski definition) is 4. The summed E-state index contributed by atoms with van der Waals surface area (Å²) >= 11 is 11.6. The quantitative estimate of drug-likeness (QED) is 0.444. The molecule has 0 bridgehead atoms. The van der Waals surface area contributed by atoms with Crippen molar-refractivity contribution in [2.75, 3.05) is 17.5 Å². The lowest BCUT2D eigenvalue weighted by molar-refractivity contribution is 0.250. The fourth-order valence-corrected chi connectivity index (χ4v) is 4.93. The molecular weight excluding hydrogens is 405 g/mol. The van der Waals surface area contributed by atoms with Gasteiger partial charge in [0.05, 0.1) is 28.1 Å². The van der Waals surface area contributed by atoms with Crippen molar-refractivity contribution in [3.63, 3.8) is 0 Å². The van der Waals surface area contributed by atoms with Crippen molar-refractivity contribution in [2.45, 2.75) is 16.8 Å². The maximum atomic E-state index is 13.1. The lowest BCUT2D eigenvalue weighted by Gasteiger charge is -2.17. The highest BCUT2D eigenvalue weighted by Gasteiger charge is 2.21. The zero-order chi connectivity index (χ0) is 19.4. The van der Waals surface area contributed by atoms with Crippen LogP contribution >= 0.6 is 23.2 Å². The van der Waals surface area contributed by atoms with Crippen molar-refractivity contribution >= 4 is 49.5 Å². The minimum absolute atomic E-state index is 0.210. The number of sulfone groups is 1. The van der Waals surface area contributed by atoms with Crippen molar-refractivity contribution < 1.29 is 13.2 Å². The summed E-state index contributed by atoms with van der Waals surface area (Å²) in [5.74, 6) is 0.575. The van der Waals surface area contributed by atoms with Gasteiger partial charge < -0.3 is 10.5 Å². The Morgan fingerprint density at radius 3 is 2.33 bits per heavy atom. The normalized spacial score (nSPS) is 11.8. The van der Waals surface area contributed by atoms with E-state index in [-0.39, 0.29) is 28.1 Å². The summed E-state index contributed by atoms with van der Waals surface area (Å²) in [6.45, 7) is 0. The van der Waals surface area contributed by atoms with Crippen LogP contribution < -0.4 is 10.5 Å². The Kier molecular flexibility index (Phi) is 6.15. The summed E-state index contributed by atoms with van der Waals surface area (Å²) in [5, 5.41) is 1.56. The Morgan fingerprint density at radius 2 is 1.59 bits per heavy atom. The van der Waals surface area contributed by atoms with Gasteiger partial charge in [0.2, 0.25) is 0 Å². The van der Waals surface area contributed by atoms with Crippen LogP contribution in [0.25, 0.3) is 10.8 Å². The highest BCUT2D eigenvalue weighted by Crippen LogP contribution is 2.31. The van der Waals surface area contributed by atoms with Gasteiger partial charge in [0.25, 0.3) is 0 Å². The molecule has 3 aromatic carbocycles. The van der Waals surface area contributed by atoms with E-state index in [1.54, 1.807) is 36.4 Å². The van der Waals surface area contributed by atoms with Gasteiger partial charge >= 0.3 is 0 Å². The second kappa shape index (κ2) is 8.38. The standard InChI is InChI=1S/C20H19Cl2NO3S/c21-11-16(12-22)26-18-9-3-7-15(20(18)23)13-27(24,25)19-10-4-6-14-5-1-2-8-17(14)19/h1-10,16H,11-13,23H2. The minimum Gasteiger partial charge on any atom is -0.486 e. The van der Waals surface area contributed by atoms with Gasteiger partial charge in [0.1, 0.15) is 11.9 Å². The van der Waals surface area contributed by atoms with Crippen LogP contribution in [0, 0.1) is 0 Å². The van der Waals surface area contributed by atoms with E-state index in [1.807, 2.05) is 24.3 Å². The highest BCUT2D eigenvalue weighted by atomic mass is 35.5.